The van der Waals surface area contributed by atoms with E-state index >= 15 is 0 Å². The Balaban J connectivity index is 1.23. The van der Waals surface area contributed by atoms with Crippen LogP contribution in [0.5, 0.6) is 0 Å². The summed E-state index contributed by atoms with van der Waals surface area (Å²) in [6.07, 6.45) is 2.76. The van der Waals surface area contributed by atoms with Gasteiger partial charge in [0.15, 0.2) is 0 Å². The normalized spacial score (nSPS) is 19.7. The molecule has 0 spiro atoms. The number of hydrogen-bond acceptors (Lipinski definition) is 4. The largest absolute Gasteiger partial charge is 0.481 e. The highest BCUT2D eigenvalue weighted by molar-refractivity contribution is 5.79. The zero-order valence-corrected chi connectivity index (χ0v) is 19.5. The van der Waals surface area contributed by atoms with E-state index < -0.39 is 18.0 Å². The first-order valence-corrected chi connectivity index (χ1v) is 12.1. The first-order valence-electron chi connectivity index (χ1n) is 12.1. The number of alkyl carbamates (subject to hydrolysis) is 1. The predicted octanol–water partition coefficient (Wildman–Crippen LogP) is 4.31. The standard InChI is InChI=1S/C27H32N2O5/c1-2-18(26(31)32)15-28-25(30)14-17-11-12-19(13-17)29-27(33)34-16-24-22-9-5-3-7-20(22)21-8-4-6-10-23(21)24/h3-10,17-19,24H,2,11-16H2,1H3,(H,28,30)(H,29,33)(H,31,32)/t17-,18?,19+/m1/s1. The summed E-state index contributed by atoms with van der Waals surface area (Å²) in [5, 5.41) is 14.8. The monoisotopic (exact) mass is 464 g/mol. The third-order valence-corrected chi connectivity index (χ3v) is 7.07. The molecule has 3 atom stereocenters. The van der Waals surface area contributed by atoms with Gasteiger partial charge in [0, 0.05) is 24.9 Å². The lowest BCUT2D eigenvalue weighted by Gasteiger charge is -2.17. The molecule has 2 aliphatic rings. The molecule has 0 aromatic heterocycles. The molecule has 0 heterocycles. The van der Waals surface area contributed by atoms with E-state index in [4.69, 9.17) is 9.84 Å². The molecule has 180 valence electrons. The van der Waals surface area contributed by atoms with Gasteiger partial charge < -0.3 is 20.5 Å². The lowest BCUT2D eigenvalue weighted by Crippen LogP contribution is -2.35. The van der Waals surface area contributed by atoms with E-state index in [1.165, 1.54) is 22.3 Å². The number of nitrogens with one attached hydrogen (secondary N) is 2. The maximum Gasteiger partial charge on any atom is 0.407 e. The van der Waals surface area contributed by atoms with Gasteiger partial charge in [-0.2, -0.15) is 0 Å². The van der Waals surface area contributed by atoms with Gasteiger partial charge in [0.2, 0.25) is 5.91 Å². The molecule has 0 saturated heterocycles. The number of benzene rings is 2. The van der Waals surface area contributed by atoms with Crippen LogP contribution in [0.15, 0.2) is 48.5 Å². The summed E-state index contributed by atoms with van der Waals surface area (Å²) in [6.45, 7) is 2.22. The second-order valence-electron chi connectivity index (χ2n) is 9.30. The van der Waals surface area contributed by atoms with Crippen molar-refractivity contribution in [3.05, 3.63) is 59.7 Å². The van der Waals surface area contributed by atoms with E-state index in [-0.39, 0.29) is 36.9 Å². The van der Waals surface area contributed by atoms with Crippen LogP contribution in [0, 0.1) is 11.8 Å². The van der Waals surface area contributed by atoms with E-state index in [0.29, 0.717) is 19.3 Å². The maximum atomic E-state index is 12.5. The van der Waals surface area contributed by atoms with Crippen molar-refractivity contribution in [1.82, 2.24) is 10.6 Å². The number of carbonyl (C=O) groups excluding carboxylic acids is 2. The Bertz CT molecular complexity index is 1010. The van der Waals surface area contributed by atoms with Gasteiger partial charge in [-0.25, -0.2) is 4.79 Å². The van der Waals surface area contributed by atoms with Gasteiger partial charge in [0.1, 0.15) is 6.61 Å². The number of amides is 2. The Kier molecular flexibility index (Phi) is 7.50. The highest BCUT2D eigenvalue weighted by Crippen LogP contribution is 2.44. The molecule has 0 radical (unpaired) electrons. The summed E-state index contributed by atoms with van der Waals surface area (Å²) >= 11 is 0. The molecule has 0 bridgehead atoms. The molecule has 1 saturated carbocycles. The third kappa shape index (κ3) is 5.41. The van der Waals surface area contributed by atoms with Crippen LogP contribution >= 0.6 is 0 Å². The molecule has 7 heteroatoms. The first-order chi connectivity index (χ1) is 16.5. The van der Waals surface area contributed by atoms with Crippen molar-refractivity contribution < 1.29 is 24.2 Å². The average Bonchev–Trinajstić information content (AvgIpc) is 3.39. The van der Waals surface area contributed by atoms with Crippen LogP contribution in [0.1, 0.15) is 56.1 Å². The fourth-order valence-electron chi connectivity index (χ4n) is 5.18. The molecule has 1 fully saturated rings. The molecule has 2 amide bonds. The van der Waals surface area contributed by atoms with Gasteiger partial charge in [-0.3, -0.25) is 9.59 Å². The second kappa shape index (κ2) is 10.7. The number of fused-ring (bicyclic) bond motifs is 3. The van der Waals surface area contributed by atoms with E-state index in [1.807, 2.05) is 24.3 Å². The number of carboxylic acids is 1. The van der Waals surface area contributed by atoms with Gasteiger partial charge in [-0.15, -0.1) is 0 Å². The Morgan fingerprint density at radius 3 is 2.29 bits per heavy atom. The van der Waals surface area contributed by atoms with Crippen molar-refractivity contribution in [1.29, 1.82) is 0 Å². The van der Waals surface area contributed by atoms with Gasteiger partial charge in [0.05, 0.1) is 5.92 Å². The maximum absolute atomic E-state index is 12.5. The summed E-state index contributed by atoms with van der Waals surface area (Å²) < 4.78 is 5.63. The van der Waals surface area contributed by atoms with Crippen LogP contribution in [0.25, 0.3) is 11.1 Å². The number of carbonyl (C=O) groups is 3. The van der Waals surface area contributed by atoms with Crippen molar-refractivity contribution in [3.63, 3.8) is 0 Å². The van der Waals surface area contributed by atoms with Crippen LogP contribution in [-0.4, -0.2) is 42.3 Å². The van der Waals surface area contributed by atoms with E-state index in [2.05, 4.69) is 34.9 Å². The third-order valence-electron chi connectivity index (χ3n) is 7.07. The zero-order valence-electron chi connectivity index (χ0n) is 19.5. The van der Waals surface area contributed by atoms with Gasteiger partial charge in [0.25, 0.3) is 0 Å². The molecule has 34 heavy (non-hydrogen) atoms. The predicted molar refractivity (Wildman–Crippen MR) is 128 cm³/mol. The Morgan fingerprint density at radius 2 is 1.68 bits per heavy atom. The molecule has 0 aliphatic heterocycles. The number of aliphatic carboxylic acids is 1. The molecular formula is C27H32N2O5. The number of hydrogen-bond donors (Lipinski definition) is 3. The minimum absolute atomic E-state index is 0.0177. The first kappa shape index (κ1) is 23.8. The minimum Gasteiger partial charge on any atom is -0.481 e. The van der Waals surface area contributed by atoms with Crippen molar-refractivity contribution >= 4 is 18.0 Å². The average molecular weight is 465 g/mol. The second-order valence-corrected chi connectivity index (χ2v) is 9.30. The fourth-order valence-corrected chi connectivity index (χ4v) is 5.18. The SMILES string of the molecule is CCC(CNC(=O)C[C@@H]1CC[C@H](NC(=O)OCC2c3ccccc3-c3ccccc32)C1)C(=O)O. The Morgan fingerprint density at radius 1 is 1.03 bits per heavy atom. The lowest BCUT2D eigenvalue weighted by molar-refractivity contribution is -0.141. The van der Waals surface area contributed by atoms with Crippen LogP contribution < -0.4 is 10.6 Å². The Hall–Kier alpha value is -3.35. The van der Waals surface area contributed by atoms with Crippen LogP contribution in [0.3, 0.4) is 0 Å². The number of carboxylic acid groups (broad SMARTS) is 1. The van der Waals surface area contributed by atoms with Crippen molar-refractivity contribution in [2.75, 3.05) is 13.2 Å². The number of ether oxygens (including phenoxy) is 1. The van der Waals surface area contributed by atoms with E-state index in [1.54, 1.807) is 6.92 Å². The Labute approximate surface area is 199 Å². The van der Waals surface area contributed by atoms with Crippen LogP contribution in [0.2, 0.25) is 0 Å². The van der Waals surface area contributed by atoms with Crippen molar-refractivity contribution in [3.8, 4) is 11.1 Å². The summed E-state index contributed by atoms with van der Waals surface area (Å²) in [4.78, 5) is 35.8. The fraction of sp³-hybridized carbons (Fsp3) is 0.444. The topological polar surface area (TPSA) is 105 Å². The van der Waals surface area contributed by atoms with Crippen LogP contribution in [-0.2, 0) is 14.3 Å². The highest BCUT2D eigenvalue weighted by atomic mass is 16.5. The molecule has 2 aliphatic carbocycles. The van der Waals surface area contributed by atoms with Crippen molar-refractivity contribution in [2.24, 2.45) is 11.8 Å². The van der Waals surface area contributed by atoms with E-state index in [9.17, 15) is 14.4 Å². The lowest BCUT2D eigenvalue weighted by atomic mass is 9.98. The molecule has 2 aromatic carbocycles. The smallest absolute Gasteiger partial charge is 0.407 e. The number of rotatable bonds is 9. The quantitative estimate of drug-likeness (QED) is 0.513. The molecule has 3 N–H and O–H groups in total. The summed E-state index contributed by atoms with van der Waals surface area (Å²) in [5.74, 6) is -1.39. The summed E-state index contributed by atoms with van der Waals surface area (Å²) in [7, 11) is 0. The highest BCUT2D eigenvalue weighted by Gasteiger charge is 2.31. The van der Waals surface area contributed by atoms with Crippen LogP contribution in [0.4, 0.5) is 4.79 Å². The van der Waals surface area contributed by atoms with Gasteiger partial charge in [-0.05, 0) is 53.9 Å². The molecular weight excluding hydrogens is 432 g/mol. The van der Waals surface area contributed by atoms with Gasteiger partial charge >= 0.3 is 12.1 Å². The van der Waals surface area contributed by atoms with E-state index in [0.717, 1.165) is 12.8 Å². The zero-order chi connectivity index (χ0) is 24.1. The van der Waals surface area contributed by atoms with Crippen molar-refractivity contribution in [2.45, 2.75) is 51.0 Å². The summed E-state index contributed by atoms with van der Waals surface area (Å²) in [6, 6.07) is 16.4. The molecule has 4 rings (SSSR count). The molecule has 2 aromatic rings. The molecule has 7 nitrogen and oxygen atoms in total. The minimum atomic E-state index is -0.893. The van der Waals surface area contributed by atoms with Gasteiger partial charge in [-0.1, -0.05) is 55.5 Å². The molecule has 1 unspecified atom stereocenters. The summed E-state index contributed by atoms with van der Waals surface area (Å²) in [5.41, 5.74) is 4.74.